The lowest BCUT2D eigenvalue weighted by Crippen LogP contribution is -2.49. The molecule has 1 aliphatic heterocycles. The van der Waals surface area contributed by atoms with Crippen LogP contribution in [-0.4, -0.2) is 30.6 Å². The largest absolute Gasteiger partial charge is 0.312 e. The molecular weight excluding hydrogens is 244 g/mol. The molecule has 3 atom stereocenters. The summed E-state index contributed by atoms with van der Waals surface area (Å²) in [4.78, 5) is 2.75. The van der Waals surface area contributed by atoms with Gasteiger partial charge >= 0.3 is 0 Å². The summed E-state index contributed by atoms with van der Waals surface area (Å²) in [5, 5.41) is 3.54. The van der Waals surface area contributed by atoms with Gasteiger partial charge in [-0.1, -0.05) is 50.1 Å². The minimum atomic E-state index is 0.425. The van der Waals surface area contributed by atoms with Crippen molar-refractivity contribution < 1.29 is 0 Å². The molecule has 1 aliphatic rings. The van der Waals surface area contributed by atoms with Crippen molar-refractivity contribution in [2.45, 2.75) is 64.1 Å². The second kappa shape index (κ2) is 7.80. The Balaban J connectivity index is 2.12. The number of nitrogens with zero attached hydrogens (tertiary/aromatic N) is 1. The molecule has 1 aromatic carbocycles. The zero-order chi connectivity index (χ0) is 14.4. The van der Waals surface area contributed by atoms with Gasteiger partial charge in [-0.05, 0) is 45.3 Å². The van der Waals surface area contributed by atoms with Gasteiger partial charge in [0.15, 0.2) is 0 Å². The van der Waals surface area contributed by atoms with Crippen molar-refractivity contribution in [3.63, 3.8) is 0 Å². The van der Waals surface area contributed by atoms with Gasteiger partial charge in [-0.25, -0.2) is 0 Å². The van der Waals surface area contributed by atoms with Gasteiger partial charge in [0.1, 0.15) is 0 Å². The predicted octanol–water partition coefficient (Wildman–Crippen LogP) is 3.99. The average Bonchev–Trinajstić information content (AvgIpc) is 2.50. The van der Waals surface area contributed by atoms with Crippen LogP contribution in [-0.2, 0) is 0 Å². The van der Waals surface area contributed by atoms with E-state index in [9.17, 15) is 0 Å². The SMILES string of the molecule is CCCC1CCCCN1C(C)C(NC)c1ccccc1. The van der Waals surface area contributed by atoms with Crippen LogP contribution < -0.4 is 5.32 Å². The molecule has 0 aliphatic carbocycles. The summed E-state index contributed by atoms with van der Waals surface area (Å²) in [6.45, 7) is 5.96. The number of benzene rings is 1. The van der Waals surface area contributed by atoms with Crippen LogP contribution in [0.1, 0.15) is 57.6 Å². The highest BCUT2D eigenvalue weighted by Crippen LogP contribution is 2.28. The Morgan fingerprint density at radius 3 is 2.65 bits per heavy atom. The van der Waals surface area contributed by atoms with E-state index in [2.05, 4.69) is 61.4 Å². The van der Waals surface area contributed by atoms with Crippen LogP contribution in [0.4, 0.5) is 0 Å². The molecule has 0 aromatic heterocycles. The summed E-state index contributed by atoms with van der Waals surface area (Å²) < 4.78 is 0. The molecule has 0 radical (unpaired) electrons. The van der Waals surface area contributed by atoms with Crippen molar-refractivity contribution in [3.8, 4) is 0 Å². The van der Waals surface area contributed by atoms with Crippen molar-refractivity contribution in [2.75, 3.05) is 13.6 Å². The molecule has 0 saturated carbocycles. The molecule has 2 heteroatoms. The first-order chi connectivity index (χ1) is 9.77. The van der Waals surface area contributed by atoms with E-state index in [0.717, 1.165) is 6.04 Å². The topological polar surface area (TPSA) is 15.3 Å². The first-order valence-corrected chi connectivity index (χ1v) is 8.25. The van der Waals surface area contributed by atoms with Gasteiger partial charge < -0.3 is 5.32 Å². The number of likely N-dealkylation sites (N-methyl/N-ethyl adjacent to an activating group) is 1. The Hall–Kier alpha value is -0.860. The lowest BCUT2D eigenvalue weighted by Gasteiger charge is -2.43. The van der Waals surface area contributed by atoms with E-state index in [1.807, 2.05) is 0 Å². The number of hydrogen-bond donors (Lipinski definition) is 1. The molecule has 1 N–H and O–H groups in total. The molecule has 0 amide bonds. The molecule has 20 heavy (non-hydrogen) atoms. The van der Waals surface area contributed by atoms with Crippen molar-refractivity contribution in [2.24, 2.45) is 0 Å². The molecule has 1 aromatic rings. The van der Waals surface area contributed by atoms with Gasteiger partial charge in [-0.15, -0.1) is 0 Å². The van der Waals surface area contributed by atoms with Gasteiger partial charge in [0.2, 0.25) is 0 Å². The summed E-state index contributed by atoms with van der Waals surface area (Å²) >= 11 is 0. The van der Waals surface area contributed by atoms with Gasteiger partial charge in [0.25, 0.3) is 0 Å². The summed E-state index contributed by atoms with van der Waals surface area (Å²) in [5.41, 5.74) is 1.41. The van der Waals surface area contributed by atoms with Crippen LogP contribution in [0.5, 0.6) is 0 Å². The first-order valence-electron chi connectivity index (χ1n) is 8.25. The average molecular weight is 274 g/mol. The molecule has 2 rings (SSSR count). The van der Waals surface area contributed by atoms with E-state index in [0.29, 0.717) is 12.1 Å². The van der Waals surface area contributed by atoms with Crippen molar-refractivity contribution in [1.82, 2.24) is 10.2 Å². The minimum Gasteiger partial charge on any atom is -0.312 e. The fourth-order valence-corrected chi connectivity index (χ4v) is 3.74. The highest BCUT2D eigenvalue weighted by Gasteiger charge is 2.30. The molecule has 2 nitrogen and oxygen atoms in total. The maximum absolute atomic E-state index is 3.54. The van der Waals surface area contributed by atoms with Gasteiger partial charge in [-0.3, -0.25) is 4.90 Å². The smallest absolute Gasteiger partial charge is 0.0473 e. The molecule has 112 valence electrons. The zero-order valence-electron chi connectivity index (χ0n) is 13.3. The molecule has 0 spiro atoms. The number of likely N-dealkylation sites (tertiary alicyclic amines) is 1. The van der Waals surface area contributed by atoms with Crippen molar-refractivity contribution in [1.29, 1.82) is 0 Å². The zero-order valence-corrected chi connectivity index (χ0v) is 13.3. The summed E-state index contributed by atoms with van der Waals surface area (Å²) in [6.07, 6.45) is 6.78. The Kier molecular flexibility index (Phi) is 6.06. The van der Waals surface area contributed by atoms with Crippen LogP contribution in [0.3, 0.4) is 0 Å². The van der Waals surface area contributed by atoms with E-state index >= 15 is 0 Å². The third-order valence-corrected chi connectivity index (χ3v) is 4.77. The highest BCUT2D eigenvalue weighted by atomic mass is 15.2. The van der Waals surface area contributed by atoms with E-state index in [1.54, 1.807) is 0 Å². The lowest BCUT2D eigenvalue weighted by molar-refractivity contribution is 0.0768. The quantitative estimate of drug-likeness (QED) is 0.844. The third-order valence-electron chi connectivity index (χ3n) is 4.77. The van der Waals surface area contributed by atoms with Crippen molar-refractivity contribution >= 4 is 0 Å². The number of rotatable bonds is 6. The first kappa shape index (κ1) is 15.5. The molecular formula is C18H30N2. The fourth-order valence-electron chi connectivity index (χ4n) is 3.74. The molecule has 1 heterocycles. The highest BCUT2D eigenvalue weighted by molar-refractivity contribution is 5.20. The van der Waals surface area contributed by atoms with Crippen LogP contribution in [0, 0.1) is 0 Å². The monoisotopic (exact) mass is 274 g/mol. The van der Waals surface area contributed by atoms with E-state index in [1.165, 1.54) is 44.2 Å². The molecule has 0 bridgehead atoms. The molecule has 1 fully saturated rings. The summed E-state index contributed by atoms with van der Waals surface area (Å²) in [5.74, 6) is 0. The Bertz CT molecular complexity index is 374. The van der Waals surface area contributed by atoms with Gasteiger partial charge in [-0.2, -0.15) is 0 Å². The van der Waals surface area contributed by atoms with Crippen LogP contribution >= 0.6 is 0 Å². The van der Waals surface area contributed by atoms with Crippen molar-refractivity contribution in [3.05, 3.63) is 35.9 Å². The number of piperidine rings is 1. The second-order valence-corrected chi connectivity index (χ2v) is 6.09. The number of nitrogens with one attached hydrogen (secondary N) is 1. The maximum atomic E-state index is 3.54. The van der Waals surface area contributed by atoms with E-state index in [-0.39, 0.29) is 0 Å². The predicted molar refractivity (Wildman–Crippen MR) is 87.0 cm³/mol. The summed E-state index contributed by atoms with van der Waals surface area (Å²) in [6, 6.07) is 12.6. The normalized spacial score (nSPS) is 23.4. The Morgan fingerprint density at radius 1 is 1.25 bits per heavy atom. The van der Waals surface area contributed by atoms with E-state index in [4.69, 9.17) is 0 Å². The Morgan fingerprint density at radius 2 is 2.00 bits per heavy atom. The van der Waals surface area contributed by atoms with Crippen LogP contribution in [0.15, 0.2) is 30.3 Å². The standard InChI is InChI=1S/C18H30N2/c1-4-10-17-13-8-9-14-20(17)15(2)18(19-3)16-11-6-5-7-12-16/h5-7,11-12,15,17-19H,4,8-10,13-14H2,1-3H3. The minimum absolute atomic E-state index is 0.425. The van der Waals surface area contributed by atoms with Crippen LogP contribution in [0.25, 0.3) is 0 Å². The second-order valence-electron chi connectivity index (χ2n) is 6.09. The molecule has 3 unspecified atom stereocenters. The van der Waals surface area contributed by atoms with Crippen LogP contribution in [0.2, 0.25) is 0 Å². The third kappa shape index (κ3) is 3.62. The fraction of sp³-hybridized carbons (Fsp3) is 0.667. The summed E-state index contributed by atoms with van der Waals surface area (Å²) in [7, 11) is 2.09. The lowest BCUT2D eigenvalue weighted by atomic mass is 9.92. The van der Waals surface area contributed by atoms with E-state index < -0.39 is 0 Å². The number of hydrogen-bond acceptors (Lipinski definition) is 2. The van der Waals surface area contributed by atoms with Gasteiger partial charge in [0, 0.05) is 18.1 Å². The Labute approximate surface area is 124 Å². The van der Waals surface area contributed by atoms with Gasteiger partial charge in [0.05, 0.1) is 0 Å². The maximum Gasteiger partial charge on any atom is 0.0473 e. The molecule has 1 saturated heterocycles.